The van der Waals surface area contributed by atoms with Gasteiger partial charge in [-0.1, -0.05) is 19.9 Å². The maximum Gasteiger partial charge on any atom is 0.136 e. The van der Waals surface area contributed by atoms with E-state index in [-0.39, 0.29) is 12.0 Å². The third-order valence-electron chi connectivity index (χ3n) is 3.10. The maximum atomic E-state index is 9.67. The highest BCUT2D eigenvalue weighted by atomic mass is 16.5. The second-order valence-corrected chi connectivity index (χ2v) is 4.92. The number of hydrogen-bond donors (Lipinski definition) is 2. The second-order valence-electron chi connectivity index (χ2n) is 4.92. The van der Waals surface area contributed by atoms with Crippen molar-refractivity contribution in [3.8, 4) is 11.8 Å². The van der Waals surface area contributed by atoms with Crippen LogP contribution in [0.25, 0.3) is 0 Å². The molecule has 1 unspecified atom stereocenters. The van der Waals surface area contributed by atoms with Gasteiger partial charge in [-0.25, -0.2) is 0 Å². The summed E-state index contributed by atoms with van der Waals surface area (Å²) in [6.07, 6.45) is 0.469. The van der Waals surface area contributed by atoms with Gasteiger partial charge in [-0.2, -0.15) is 5.26 Å². The Hall–Kier alpha value is -1.57. The first-order chi connectivity index (χ1) is 9.08. The van der Waals surface area contributed by atoms with Gasteiger partial charge < -0.3 is 15.2 Å². The molecule has 0 aliphatic heterocycles. The average Bonchev–Trinajstić information content (AvgIpc) is 2.42. The molecule has 2 N–H and O–H groups in total. The summed E-state index contributed by atoms with van der Waals surface area (Å²) in [6.45, 7) is 5.46. The summed E-state index contributed by atoms with van der Waals surface area (Å²) >= 11 is 0. The van der Waals surface area contributed by atoms with E-state index in [1.54, 1.807) is 13.2 Å². The number of benzene rings is 1. The number of ether oxygens (including phenoxy) is 1. The van der Waals surface area contributed by atoms with Gasteiger partial charge in [0.05, 0.1) is 18.8 Å². The van der Waals surface area contributed by atoms with Crippen LogP contribution in [0, 0.1) is 17.2 Å². The predicted molar refractivity (Wildman–Crippen MR) is 74.9 cm³/mol. The highest BCUT2D eigenvalue weighted by molar-refractivity contribution is 5.45. The molecule has 19 heavy (non-hydrogen) atoms. The van der Waals surface area contributed by atoms with Crippen LogP contribution in [0.15, 0.2) is 18.2 Å². The molecule has 0 amide bonds. The lowest BCUT2D eigenvalue weighted by Gasteiger charge is -2.14. The van der Waals surface area contributed by atoms with Crippen molar-refractivity contribution in [3.05, 3.63) is 29.3 Å². The summed E-state index contributed by atoms with van der Waals surface area (Å²) in [5.74, 6) is 0.884. The van der Waals surface area contributed by atoms with E-state index in [4.69, 9.17) is 10.00 Å². The van der Waals surface area contributed by atoms with Crippen LogP contribution in [0.1, 0.15) is 31.4 Å². The van der Waals surface area contributed by atoms with Crippen LogP contribution < -0.4 is 10.1 Å². The normalized spacial score (nSPS) is 12.2. The monoisotopic (exact) mass is 262 g/mol. The Morgan fingerprint density at radius 3 is 2.74 bits per heavy atom. The number of aliphatic hydroxyl groups excluding tert-OH is 1. The van der Waals surface area contributed by atoms with Crippen molar-refractivity contribution < 1.29 is 9.84 Å². The molecular weight excluding hydrogens is 240 g/mol. The van der Waals surface area contributed by atoms with Crippen molar-refractivity contribution in [3.63, 3.8) is 0 Å². The molecule has 1 atom stereocenters. The third-order valence-corrected chi connectivity index (χ3v) is 3.10. The van der Waals surface area contributed by atoms with Gasteiger partial charge in [0.15, 0.2) is 0 Å². The van der Waals surface area contributed by atoms with Crippen molar-refractivity contribution in [2.24, 2.45) is 5.92 Å². The molecule has 4 heteroatoms. The van der Waals surface area contributed by atoms with Gasteiger partial charge >= 0.3 is 0 Å². The minimum atomic E-state index is -0.266. The maximum absolute atomic E-state index is 9.67. The number of rotatable bonds is 7. The van der Waals surface area contributed by atoms with E-state index < -0.39 is 0 Å². The van der Waals surface area contributed by atoms with Crippen molar-refractivity contribution in [2.75, 3.05) is 13.7 Å². The number of hydrogen-bond acceptors (Lipinski definition) is 4. The van der Waals surface area contributed by atoms with Crippen molar-refractivity contribution in [1.82, 2.24) is 5.32 Å². The van der Waals surface area contributed by atoms with Gasteiger partial charge in [0.1, 0.15) is 11.8 Å². The molecule has 0 saturated heterocycles. The van der Waals surface area contributed by atoms with E-state index >= 15 is 0 Å². The number of nitrogens with one attached hydrogen (secondary N) is 1. The third kappa shape index (κ3) is 4.90. The van der Waals surface area contributed by atoms with E-state index in [0.717, 1.165) is 18.5 Å². The van der Waals surface area contributed by atoms with Gasteiger partial charge in [-0.3, -0.25) is 0 Å². The van der Waals surface area contributed by atoms with Crippen molar-refractivity contribution >= 4 is 0 Å². The van der Waals surface area contributed by atoms with Crippen LogP contribution in [-0.4, -0.2) is 24.9 Å². The Bertz CT molecular complexity index is 438. The number of nitriles is 1. The topological polar surface area (TPSA) is 65.3 Å². The molecule has 1 aromatic rings. The van der Waals surface area contributed by atoms with Crippen LogP contribution in [0.3, 0.4) is 0 Å². The zero-order valence-electron chi connectivity index (χ0n) is 11.8. The lowest BCUT2D eigenvalue weighted by molar-refractivity contribution is 0.116. The minimum absolute atomic E-state index is 0.266. The smallest absolute Gasteiger partial charge is 0.136 e. The first-order valence-electron chi connectivity index (χ1n) is 6.54. The lowest BCUT2D eigenvalue weighted by Crippen LogP contribution is -2.23. The predicted octanol–water partition coefficient (Wildman–Crippen LogP) is 2.06. The summed E-state index contributed by atoms with van der Waals surface area (Å²) in [7, 11) is 1.56. The number of nitrogens with zero attached hydrogens (tertiary/aromatic N) is 1. The second kappa shape index (κ2) is 7.78. The van der Waals surface area contributed by atoms with Crippen LogP contribution >= 0.6 is 0 Å². The standard InChI is InChI=1S/C15H22N2O2/c1-11(2)14(18)6-7-17-10-12-4-5-15(19-3)13(8-12)9-16/h4-5,8,11,14,17-18H,6-7,10H2,1-3H3. The fourth-order valence-corrected chi connectivity index (χ4v) is 1.77. The largest absolute Gasteiger partial charge is 0.495 e. The van der Waals surface area contributed by atoms with Gasteiger partial charge in [0, 0.05) is 6.54 Å². The van der Waals surface area contributed by atoms with Crippen LogP contribution in [0.2, 0.25) is 0 Å². The molecule has 0 spiro atoms. The van der Waals surface area contributed by atoms with Crippen LogP contribution in [0.5, 0.6) is 5.75 Å². The summed E-state index contributed by atoms with van der Waals surface area (Å²) in [5, 5.41) is 21.9. The molecule has 0 aliphatic rings. The molecule has 1 rings (SSSR count). The molecular formula is C15H22N2O2. The van der Waals surface area contributed by atoms with Gasteiger partial charge in [0.2, 0.25) is 0 Å². The van der Waals surface area contributed by atoms with E-state index in [9.17, 15) is 5.11 Å². The first kappa shape index (κ1) is 15.5. The quantitative estimate of drug-likeness (QED) is 0.738. The van der Waals surface area contributed by atoms with Gasteiger partial charge in [-0.05, 0) is 36.6 Å². The van der Waals surface area contributed by atoms with E-state index in [2.05, 4.69) is 11.4 Å². The molecule has 0 radical (unpaired) electrons. The Balaban J connectivity index is 2.44. The Morgan fingerprint density at radius 1 is 1.42 bits per heavy atom. The molecule has 0 aliphatic carbocycles. The van der Waals surface area contributed by atoms with E-state index in [0.29, 0.717) is 17.9 Å². The average molecular weight is 262 g/mol. The van der Waals surface area contributed by atoms with E-state index in [1.165, 1.54) is 0 Å². The molecule has 0 heterocycles. The molecule has 4 nitrogen and oxygen atoms in total. The van der Waals surface area contributed by atoms with Crippen LogP contribution in [0.4, 0.5) is 0 Å². The molecule has 1 aromatic carbocycles. The summed E-state index contributed by atoms with van der Waals surface area (Å²) in [5.41, 5.74) is 1.58. The van der Waals surface area contributed by atoms with E-state index in [1.807, 2.05) is 26.0 Å². The van der Waals surface area contributed by atoms with Gasteiger partial charge in [0.25, 0.3) is 0 Å². The Morgan fingerprint density at radius 2 is 2.16 bits per heavy atom. The fourth-order valence-electron chi connectivity index (χ4n) is 1.77. The summed E-state index contributed by atoms with van der Waals surface area (Å²) < 4.78 is 5.10. The summed E-state index contributed by atoms with van der Waals surface area (Å²) in [6, 6.07) is 7.68. The van der Waals surface area contributed by atoms with Gasteiger partial charge in [-0.15, -0.1) is 0 Å². The molecule has 0 bridgehead atoms. The van der Waals surface area contributed by atoms with Crippen molar-refractivity contribution in [2.45, 2.75) is 32.9 Å². The lowest BCUT2D eigenvalue weighted by atomic mass is 10.0. The van der Waals surface area contributed by atoms with Crippen molar-refractivity contribution in [1.29, 1.82) is 5.26 Å². The molecule has 0 aromatic heterocycles. The highest BCUT2D eigenvalue weighted by Gasteiger charge is 2.08. The molecule has 0 fully saturated rings. The zero-order valence-corrected chi connectivity index (χ0v) is 11.8. The molecule has 104 valence electrons. The minimum Gasteiger partial charge on any atom is -0.495 e. The SMILES string of the molecule is COc1ccc(CNCCC(O)C(C)C)cc1C#N. The first-order valence-corrected chi connectivity index (χ1v) is 6.54. The Labute approximate surface area is 115 Å². The zero-order chi connectivity index (χ0) is 14.3. The van der Waals surface area contributed by atoms with Crippen LogP contribution in [-0.2, 0) is 6.54 Å². The fraction of sp³-hybridized carbons (Fsp3) is 0.533. The number of aliphatic hydroxyl groups is 1. The Kier molecular flexibility index (Phi) is 6.34. The highest BCUT2D eigenvalue weighted by Crippen LogP contribution is 2.18. The summed E-state index contributed by atoms with van der Waals surface area (Å²) in [4.78, 5) is 0. The molecule has 0 saturated carbocycles. The number of methoxy groups -OCH3 is 1.